The SMILES string of the molecule is C=CCOc1ccc(C2/C(=C(/O)c3ccc(OCC=C)cc3C)C(=O)C(=O)N2CCN(C)C)cc1. The molecule has 2 aromatic carbocycles. The lowest BCUT2D eigenvalue weighted by atomic mass is 9.94. The Morgan fingerprint density at radius 3 is 2.20 bits per heavy atom. The maximum absolute atomic E-state index is 13.2. The molecule has 1 aliphatic rings. The van der Waals surface area contributed by atoms with Crippen molar-refractivity contribution in [2.24, 2.45) is 0 Å². The van der Waals surface area contributed by atoms with Crippen molar-refractivity contribution in [1.82, 2.24) is 9.80 Å². The fourth-order valence-electron chi connectivity index (χ4n) is 3.96. The maximum atomic E-state index is 13.2. The van der Waals surface area contributed by atoms with E-state index in [1.54, 1.807) is 42.5 Å². The number of likely N-dealkylation sites (tertiary alicyclic amines) is 1. The number of ether oxygens (including phenoxy) is 2. The highest BCUT2D eigenvalue weighted by Crippen LogP contribution is 2.40. The number of carbonyl (C=O) groups excluding carboxylic acids is 2. The quantitative estimate of drug-likeness (QED) is 0.228. The van der Waals surface area contributed by atoms with Gasteiger partial charge in [0.15, 0.2) is 0 Å². The van der Waals surface area contributed by atoms with E-state index in [0.29, 0.717) is 48.9 Å². The van der Waals surface area contributed by atoms with Crippen molar-refractivity contribution < 1.29 is 24.2 Å². The molecule has 1 amide bonds. The van der Waals surface area contributed by atoms with Gasteiger partial charge in [0.25, 0.3) is 11.7 Å². The van der Waals surface area contributed by atoms with Crippen molar-refractivity contribution in [2.45, 2.75) is 13.0 Å². The summed E-state index contributed by atoms with van der Waals surface area (Å²) in [6.45, 7) is 10.7. The molecule has 0 bridgehead atoms. The van der Waals surface area contributed by atoms with Crippen LogP contribution in [0.4, 0.5) is 0 Å². The number of aliphatic hydroxyl groups is 1. The number of amides is 1. The van der Waals surface area contributed by atoms with Gasteiger partial charge in [-0.2, -0.15) is 0 Å². The maximum Gasteiger partial charge on any atom is 0.295 e. The molecular formula is C28H32N2O5. The summed E-state index contributed by atoms with van der Waals surface area (Å²) in [5.74, 6) is -0.277. The number of hydrogen-bond donors (Lipinski definition) is 1. The number of benzene rings is 2. The van der Waals surface area contributed by atoms with E-state index >= 15 is 0 Å². The summed E-state index contributed by atoms with van der Waals surface area (Å²) in [7, 11) is 3.80. The molecule has 3 rings (SSSR count). The molecule has 35 heavy (non-hydrogen) atoms. The monoisotopic (exact) mass is 476 g/mol. The van der Waals surface area contributed by atoms with E-state index in [1.807, 2.05) is 38.1 Å². The van der Waals surface area contributed by atoms with Gasteiger partial charge >= 0.3 is 0 Å². The Hall–Kier alpha value is -3.84. The normalized spacial score (nSPS) is 17.0. The van der Waals surface area contributed by atoms with Crippen LogP contribution in [-0.4, -0.2) is 67.0 Å². The average Bonchev–Trinajstić information content (AvgIpc) is 3.09. The van der Waals surface area contributed by atoms with Crippen molar-refractivity contribution in [3.63, 3.8) is 0 Å². The minimum absolute atomic E-state index is 0.0661. The van der Waals surface area contributed by atoms with Gasteiger partial charge in [-0.25, -0.2) is 0 Å². The number of carbonyl (C=O) groups is 2. The van der Waals surface area contributed by atoms with Gasteiger partial charge in [0.05, 0.1) is 11.6 Å². The average molecular weight is 477 g/mol. The first-order chi connectivity index (χ1) is 16.8. The second-order valence-corrected chi connectivity index (χ2v) is 8.54. The Balaban J connectivity index is 2.08. The third kappa shape index (κ3) is 5.81. The van der Waals surface area contributed by atoms with E-state index in [-0.39, 0.29) is 11.3 Å². The van der Waals surface area contributed by atoms with Crippen molar-refractivity contribution in [1.29, 1.82) is 0 Å². The van der Waals surface area contributed by atoms with E-state index in [2.05, 4.69) is 13.2 Å². The van der Waals surface area contributed by atoms with Gasteiger partial charge in [0.1, 0.15) is 30.5 Å². The van der Waals surface area contributed by atoms with Gasteiger partial charge in [0, 0.05) is 18.7 Å². The van der Waals surface area contributed by atoms with Crippen LogP contribution >= 0.6 is 0 Å². The molecule has 0 saturated carbocycles. The van der Waals surface area contributed by atoms with Crippen LogP contribution in [0.15, 0.2) is 73.3 Å². The predicted molar refractivity (Wildman–Crippen MR) is 137 cm³/mol. The topological polar surface area (TPSA) is 79.3 Å². The van der Waals surface area contributed by atoms with Crippen molar-refractivity contribution in [2.75, 3.05) is 40.4 Å². The Labute approximate surface area is 206 Å². The predicted octanol–water partition coefficient (Wildman–Crippen LogP) is 4.11. The highest BCUT2D eigenvalue weighted by molar-refractivity contribution is 6.46. The van der Waals surface area contributed by atoms with E-state index in [1.165, 1.54) is 4.90 Å². The molecule has 1 saturated heterocycles. The van der Waals surface area contributed by atoms with Crippen LogP contribution in [0.5, 0.6) is 11.5 Å². The number of aliphatic hydroxyl groups excluding tert-OH is 1. The van der Waals surface area contributed by atoms with Gasteiger partial charge in [-0.05, 0) is 62.5 Å². The van der Waals surface area contributed by atoms with Crippen LogP contribution in [0.25, 0.3) is 5.76 Å². The third-order valence-electron chi connectivity index (χ3n) is 5.71. The van der Waals surface area contributed by atoms with Gasteiger partial charge < -0.3 is 24.4 Å². The van der Waals surface area contributed by atoms with Crippen molar-refractivity contribution in [3.05, 3.63) is 90.0 Å². The Bertz CT molecular complexity index is 1130. The summed E-state index contributed by atoms with van der Waals surface area (Å²) in [6, 6.07) is 11.6. The van der Waals surface area contributed by atoms with Crippen LogP contribution < -0.4 is 9.47 Å². The molecule has 1 unspecified atom stereocenters. The molecule has 0 radical (unpaired) electrons. The second-order valence-electron chi connectivity index (χ2n) is 8.54. The Morgan fingerprint density at radius 2 is 1.63 bits per heavy atom. The fraction of sp³-hybridized carbons (Fsp3) is 0.286. The number of hydrogen-bond acceptors (Lipinski definition) is 6. The summed E-state index contributed by atoms with van der Waals surface area (Å²) < 4.78 is 11.1. The molecule has 1 heterocycles. The number of likely N-dealkylation sites (N-methyl/N-ethyl adjacent to an activating group) is 1. The van der Waals surface area contributed by atoms with Crippen LogP contribution in [-0.2, 0) is 9.59 Å². The highest BCUT2D eigenvalue weighted by atomic mass is 16.5. The first-order valence-electron chi connectivity index (χ1n) is 11.4. The molecule has 7 heteroatoms. The lowest BCUT2D eigenvalue weighted by molar-refractivity contribution is -0.140. The Morgan fingerprint density at radius 1 is 1.03 bits per heavy atom. The first-order valence-corrected chi connectivity index (χ1v) is 11.4. The lowest BCUT2D eigenvalue weighted by Crippen LogP contribution is -2.35. The van der Waals surface area contributed by atoms with Crippen LogP contribution in [0.2, 0.25) is 0 Å². The van der Waals surface area contributed by atoms with E-state index in [4.69, 9.17) is 9.47 Å². The van der Waals surface area contributed by atoms with Crippen LogP contribution in [0.3, 0.4) is 0 Å². The number of ketones is 1. The van der Waals surface area contributed by atoms with Gasteiger partial charge in [-0.15, -0.1) is 0 Å². The minimum Gasteiger partial charge on any atom is -0.507 e. The number of Topliss-reactive ketones (excluding diaryl/α,β-unsaturated/α-hetero) is 1. The molecule has 184 valence electrons. The number of aryl methyl sites for hydroxylation is 1. The van der Waals surface area contributed by atoms with Gasteiger partial charge in [0.2, 0.25) is 0 Å². The molecule has 1 aliphatic heterocycles. The summed E-state index contributed by atoms with van der Waals surface area (Å²) >= 11 is 0. The lowest BCUT2D eigenvalue weighted by Gasteiger charge is -2.26. The molecular weight excluding hydrogens is 444 g/mol. The molecule has 0 aliphatic carbocycles. The van der Waals surface area contributed by atoms with E-state index in [0.717, 1.165) is 5.56 Å². The summed E-state index contributed by atoms with van der Waals surface area (Å²) in [5, 5.41) is 11.3. The van der Waals surface area contributed by atoms with Crippen molar-refractivity contribution >= 4 is 17.4 Å². The first kappa shape index (κ1) is 25.8. The van der Waals surface area contributed by atoms with E-state index < -0.39 is 17.7 Å². The zero-order valence-electron chi connectivity index (χ0n) is 20.5. The molecule has 0 aromatic heterocycles. The molecule has 1 fully saturated rings. The Kier molecular flexibility index (Phi) is 8.49. The summed E-state index contributed by atoms with van der Waals surface area (Å²) in [6.07, 6.45) is 3.30. The van der Waals surface area contributed by atoms with E-state index in [9.17, 15) is 14.7 Å². The largest absolute Gasteiger partial charge is 0.507 e. The molecule has 7 nitrogen and oxygen atoms in total. The summed E-state index contributed by atoms with van der Waals surface area (Å²) in [4.78, 5) is 29.7. The zero-order chi connectivity index (χ0) is 25.5. The molecule has 2 aromatic rings. The second kappa shape index (κ2) is 11.5. The fourth-order valence-corrected chi connectivity index (χ4v) is 3.96. The summed E-state index contributed by atoms with van der Waals surface area (Å²) in [5.41, 5.74) is 1.96. The van der Waals surface area contributed by atoms with Gasteiger partial charge in [-0.3, -0.25) is 9.59 Å². The molecule has 1 N–H and O–H groups in total. The number of rotatable bonds is 11. The zero-order valence-corrected chi connectivity index (χ0v) is 20.5. The van der Waals surface area contributed by atoms with Crippen LogP contribution in [0, 0.1) is 6.92 Å². The van der Waals surface area contributed by atoms with Crippen molar-refractivity contribution in [3.8, 4) is 11.5 Å². The highest BCUT2D eigenvalue weighted by Gasteiger charge is 2.46. The molecule has 1 atom stereocenters. The van der Waals surface area contributed by atoms with Gasteiger partial charge in [-0.1, -0.05) is 37.4 Å². The smallest absolute Gasteiger partial charge is 0.295 e. The third-order valence-corrected chi connectivity index (χ3v) is 5.71. The minimum atomic E-state index is -0.723. The molecule has 0 spiro atoms. The van der Waals surface area contributed by atoms with Crippen LogP contribution in [0.1, 0.15) is 22.7 Å². The number of nitrogens with zero attached hydrogens (tertiary/aromatic N) is 2. The standard InChI is InChI=1S/C28H32N2O5/c1-6-16-34-21-10-8-20(9-11-21)25-24(27(32)28(33)30(25)15-14-29(4)5)26(31)23-13-12-22(18-19(23)3)35-17-7-2/h6-13,18,25,31H,1-2,14-17H2,3-5H3/b26-24-.